The van der Waals surface area contributed by atoms with Gasteiger partial charge in [-0.3, -0.25) is 0 Å². The number of benzene rings is 3. The van der Waals surface area contributed by atoms with Crippen LogP contribution >= 0.6 is 0 Å². The van der Waals surface area contributed by atoms with Gasteiger partial charge in [-0.05, 0) is 35.4 Å². The highest BCUT2D eigenvalue weighted by Crippen LogP contribution is 2.28. The van der Waals surface area contributed by atoms with Crippen LogP contribution in [0.25, 0.3) is 11.1 Å². The summed E-state index contributed by atoms with van der Waals surface area (Å²) < 4.78 is 0. The summed E-state index contributed by atoms with van der Waals surface area (Å²) in [5, 5.41) is 3.49. The van der Waals surface area contributed by atoms with Gasteiger partial charge in [-0.15, -0.1) is 0 Å². The van der Waals surface area contributed by atoms with Crippen LogP contribution in [0.1, 0.15) is 0 Å². The lowest BCUT2D eigenvalue weighted by Crippen LogP contribution is -2.10. The molecule has 110 valence electrons. The molecule has 0 aliphatic heterocycles. The summed E-state index contributed by atoms with van der Waals surface area (Å²) in [6.07, 6.45) is 0. The summed E-state index contributed by atoms with van der Waals surface area (Å²) in [6.45, 7) is 0. The third kappa shape index (κ3) is 3.12. The maximum atomic E-state index is 3.49. The molecule has 0 saturated heterocycles. The summed E-state index contributed by atoms with van der Waals surface area (Å²) in [4.78, 5) is 2.11. The van der Waals surface area contributed by atoms with Crippen LogP contribution in [0.15, 0.2) is 78.9 Å². The standard InChI is InChI=1S/C20H20N2/c1-22(2)20-11-7-6-10-19(20)21-18-14-12-17(13-15-18)16-8-4-3-5-9-16/h3-15,21H,1-2H3. The van der Waals surface area contributed by atoms with Gasteiger partial charge >= 0.3 is 0 Å². The van der Waals surface area contributed by atoms with E-state index < -0.39 is 0 Å². The van der Waals surface area contributed by atoms with Crippen molar-refractivity contribution in [1.82, 2.24) is 0 Å². The van der Waals surface area contributed by atoms with Crippen molar-refractivity contribution in [3.63, 3.8) is 0 Å². The van der Waals surface area contributed by atoms with Crippen molar-refractivity contribution in [2.45, 2.75) is 0 Å². The Hall–Kier alpha value is -2.74. The van der Waals surface area contributed by atoms with Gasteiger partial charge in [0.15, 0.2) is 0 Å². The maximum absolute atomic E-state index is 3.49. The van der Waals surface area contributed by atoms with E-state index in [1.165, 1.54) is 16.8 Å². The lowest BCUT2D eigenvalue weighted by Gasteiger charge is -2.18. The van der Waals surface area contributed by atoms with E-state index in [4.69, 9.17) is 0 Å². The molecule has 2 heteroatoms. The lowest BCUT2D eigenvalue weighted by molar-refractivity contribution is 1.13. The molecule has 0 saturated carbocycles. The minimum absolute atomic E-state index is 1.09. The predicted octanol–water partition coefficient (Wildman–Crippen LogP) is 5.16. The molecule has 0 atom stereocenters. The van der Waals surface area contributed by atoms with Gasteiger partial charge in [0, 0.05) is 19.8 Å². The Morgan fingerprint density at radius 1 is 0.636 bits per heavy atom. The highest BCUT2D eigenvalue weighted by atomic mass is 15.1. The van der Waals surface area contributed by atoms with Crippen LogP contribution in [0.2, 0.25) is 0 Å². The molecule has 2 nitrogen and oxygen atoms in total. The largest absolute Gasteiger partial charge is 0.376 e. The molecule has 0 heterocycles. The summed E-state index contributed by atoms with van der Waals surface area (Å²) in [7, 11) is 4.11. The van der Waals surface area contributed by atoms with Gasteiger partial charge in [-0.1, -0.05) is 54.6 Å². The van der Waals surface area contributed by atoms with Gasteiger partial charge in [0.1, 0.15) is 0 Å². The summed E-state index contributed by atoms with van der Waals surface area (Å²) in [5.41, 5.74) is 5.85. The second-order valence-electron chi connectivity index (χ2n) is 5.48. The summed E-state index contributed by atoms with van der Waals surface area (Å²) >= 11 is 0. The Balaban J connectivity index is 1.83. The van der Waals surface area contributed by atoms with Gasteiger partial charge in [0.25, 0.3) is 0 Å². The van der Waals surface area contributed by atoms with Crippen LogP contribution in [0.3, 0.4) is 0 Å². The first-order valence-electron chi connectivity index (χ1n) is 7.43. The third-order valence-corrected chi connectivity index (χ3v) is 3.66. The molecule has 0 aliphatic rings. The van der Waals surface area contributed by atoms with Gasteiger partial charge in [-0.25, -0.2) is 0 Å². The van der Waals surface area contributed by atoms with Crippen molar-refractivity contribution in [3.05, 3.63) is 78.9 Å². The molecule has 3 rings (SSSR count). The Bertz CT molecular complexity index is 731. The third-order valence-electron chi connectivity index (χ3n) is 3.66. The first-order chi connectivity index (χ1) is 10.7. The van der Waals surface area contributed by atoms with Crippen molar-refractivity contribution >= 4 is 17.1 Å². The molecule has 0 bridgehead atoms. The van der Waals surface area contributed by atoms with E-state index in [9.17, 15) is 0 Å². The van der Waals surface area contributed by atoms with Crippen molar-refractivity contribution in [2.24, 2.45) is 0 Å². The topological polar surface area (TPSA) is 15.3 Å². The Labute approximate surface area is 132 Å². The zero-order valence-electron chi connectivity index (χ0n) is 13.0. The van der Waals surface area contributed by atoms with Crippen LogP contribution in [-0.4, -0.2) is 14.1 Å². The molecule has 22 heavy (non-hydrogen) atoms. The summed E-state index contributed by atoms with van der Waals surface area (Å²) in [6, 6.07) is 27.3. The van der Waals surface area contributed by atoms with Crippen LogP contribution in [0, 0.1) is 0 Å². The molecule has 0 amide bonds. The number of hydrogen-bond donors (Lipinski definition) is 1. The summed E-state index contributed by atoms with van der Waals surface area (Å²) in [5.74, 6) is 0. The van der Waals surface area contributed by atoms with Crippen LogP contribution in [-0.2, 0) is 0 Å². The van der Waals surface area contributed by atoms with Crippen molar-refractivity contribution in [2.75, 3.05) is 24.3 Å². The second-order valence-corrected chi connectivity index (χ2v) is 5.48. The Morgan fingerprint density at radius 2 is 1.23 bits per heavy atom. The molecular weight excluding hydrogens is 268 g/mol. The second kappa shape index (κ2) is 6.35. The minimum Gasteiger partial charge on any atom is -0.376 e. The first-order valence-corrected chi connectivity index (χ1v) is 7.43. The highest BCUT2D eigenvalue weighted by molar-refractivity contribution is 5.76. The fourth-order valence-corrected chi connectivity index (χ4v) is 2.50. The average molecular weight is 288 g/mol. The smallest absolute Gasteiger partial charge is 0.0621 e. The van der Waals surface area contributed by atoms with Crippen LogP contribution in [0.4, 0.5) is 17.1 Å². The number of hydrogen-bond acceptors (Lipinski definition) is 2. The van der Waals surface area contributed by atoms with Crippen molar-refractivity contribution in [3.8, 4) is 11.1 Å². The Morgan fingerprint density at radius 3 is 1.91 bits per heavy atom. The van der Waals surface area contributed by atoms with Gasteiger partial charge in [-0.2, -0.15) is 0 Å². The first kappa shape index (κ1) is 14.2. The monoisotopic (exact) mass is 288 g/mol. The number of para-hydroxylation sites is 2. The van der Waals surface area contributed by atoms with Gasteiger partial charge < -0.3 is 10.2 Å². The fraction of sp³-hybridized carbons (Fsp3) is 0.100. The van der Waals surface area contributed by atoms with E-state index in [0.717, 1.165) is 11.4 Å². The highest BCUT2D eigenvalue weighted by Gasteiger charge is 2.04. The van der Waals surface area contributed by atoms with Crippen LogP contribution < -0.4 is 10.2 Å². The van der Waals surface area contributed by atoms with E-state index >= 15 is 0 Å². The fourth-order valence-electron chi connectivity index (χ4n) is 2.50. The zero-order valence-corrected chi connectivity index (χ0v) is 13.0. The molecule has 0 spiro atoms. The number of anilines is 3. The van der Waals surface area contributed by atoms with E-state index in [1.54, 1.807) is 0 Å². The molecule has 0 radical (unpaired) electrons. The molecule has 0 unspecified atom stereocenters. The van der Waals surface area contributed by atoms with Gasteiger partial charge in [0.05, 0.1) is 11.4 Å². The van der Waals surface area contributed by atoms with E-state index in [2.05, 4.69) is 91.0 Å². The SMILES string of the molecule is CN(C)c1ccccc1Nc1ccc(-c2ccccc2)cc1. The molecule has 0 fully saturated rings. The minimum atomic E-state index is 1.09. The normalized spacial score (nSPS) is 10.3. The predicted molar refractivity (Wildman–Crippen MR) is 95.9 cm³/mol. The molecular formula is C20H20N2. The quantitative estimate of drug-likeness (QED) is 0.713. The molecule has 3 aromatic carbocycles. The van der Waals surface area contributed by atoms with Crippen molar-refractivity contribution < 1.29 is 0 Å². The van der Waals surface area contributed by atoms with E-state index in [-0.39, 0.29) is 0 Å². The van der Waals surface area contributed by atoms with E-state index in [0.29, 0.717) is 0 Å². The van der Waals surface area contributed by atoms with Gasteiger partial charge in [0.2, 0.25) is 0 Å². The maximum Gasteiger partial charge on any atom is 0.0621 e. The number of rotatable bonds is 4. The molecule has 1 N–H and O–H groups in total. The molecule has 0 aliphatic carbocycles. The molecule has 3 aromatic rings. The number of nitrogens with zero attached hydrogens (tertiary/aromatic N) is 1. The lowest BCUT2D eigenvalue weighted by atomic mass is 10.1. The van der Waals surface area contributed by atoms with E-state index in [1.807, 2.05) is 12.1 Å². The van der Waals surface area contributed by atoms with Crippen LogP contribution in [0.5, 0.6) is 0 Å². The number of nitrogens with one attached hydrogen (secondary N) is 1. The zero-order chi connectivity index (χ0) is 15.4. The molecule has 0 aromatic heterocycles. The Kier molecular flexibility index (Phi) is 4.10. The van der Waals surface area contributed by atoms with Crippen molar-refractivity contribution in [1.29, 1.82) is 0 Å². The average Bonchev–Trinajstić information content (AvgIpc) is 2.57.